The first-order valence-electron chi connectivity index (χ1n) is 8.47. The zero-order valence-corrected chi connectivity index (χ0v) is 14.9. The van der Waals surface area contributed by atoms with Gasteiger partial charge in [-0.25, -0.2) is 0 Å². The lowest BCUT2D eigenvalue weighted by atomic mass is 10.0. The molecule has 0 unspecified atom stereocenters. The molecule has 2 heterocycles. The van der Waals surface area contributed by atoms with Crippen molar-refractivity contribution in [2.45, 2.75) is 19.8 Å². The van der Waals surface area contributed by atoms with E-state index in [2.05, 4.69) is 80.1 Å². The Bertz CT molecular complexity index is 1240. The summed E-state index contributed by atoms with van der Waals surface area (Å²) < 4.78 is 5.12. The minimum absolute atomic E-state index is 0.547. The highest BCUT2D eigenvalue weighted by Gasteiger charge is 2.15. The van der Waals surface area contributed by atoms with Crippen LogP contribution < -0.4 is 0 Å². The van der Waals surface area contributed by atoms with Crippen molar-refractivity contribution >= 4 is 53.3 Å². The van der Waals surface area contributed by atoms with Gasteiger partial charge in [-0.05, 0) is 35.7 Å². The molecule has 2 aromatic heterocycles. The molecule has 2 heteroatoms. The van der Waals surface area contributed by atoms with Crippen LogP contribution in [0.5, 0.6) is 0 Å². The minimum Gasteiger partial charge on any atom is -0.344 e. The molecule has 5 aromatic rings. The molecule has 1 nitrogen and oxygen atoms in total. The standard InChI is InChI=1S/C22H19NS/c1-13(2)14-8-10-18-17(12-14)21-19(23(18)3)11-9-16-15-6-4-5-7-20(15)24-22(16)21/h4-13H,1-3H3. The molecular formula is C22H19NS. The number of nitrogens with zero attached hydrogens (tertiary/aromatic N) is 1. The molecule has 0 saturated carbocycles. The fourth-order valence-corrected chi connectivity index (χ4v) is 5.11. The minimum atomic E-state index is 0.547. The predicted molar refractivity (Wildman–Crippen MR) is 107 cm³/mol. The number of thiophene rings is 1. The van der Waals surface area contributed by atoms with Crippen molar-refractivity contribution in [2.75, 3.05) is 0 Å². The molecule has 3 aromatic carbocycles. The van der Waals surface area contributed by atoms with Crippen molar-refractivity contribution in [1.29, 1.82) is 0 Å². The van der Waals surface area contributed by atoms with Crippen LogP contribution in [0.2, 0.25) is 0 Å². The van der Waals surface area contributed by atoms with Crippen LogP contribution in [0, 0.1) is 0 Å². The second-order valence-electron chi connectivity index (χ2n) is 6.92. The van der Waals surface area contributed by atoms with Crippen molar-refractivity contribution < 1.29 is 0 Å². The molecule has 0 fully saturated rings. The van der Waals surface area contributed by atoms with E-state index < -0.39 is 0 Å². The Morgan fingerprint density at radius 3 is 2.46 bits per heavy atom. The van der Waals surface area contributed by atoms with Gasteiger partial charge in [0, 0.05) is 43.5 Å². The molecular weight excluding hydrogens is 310 g/mol. The first-order valence-corrected chi connectivity index (χ1v) is 9.29. The normalized spacial score (nSPS) is 12.3. The molecule has 0 atom stereocenters. The van der Waals surface area contributed by atoms with E-state index in [1.54, 1.807) is 0 Å². The van der Waals surface area contributed by atoms with E-state index in [0.29, 0.717) is 5.92 Å². The van der Waals surface area contributed by atoms with Crippen molar-refractivity contribution in [1.82, 2.24) is 4.57 Å². The van der Waals surface area contributed by atoms with Crippen molar-refractivity contribution in [3.63, 3.8) is 0 Å². The monoisotopic (exact) mass is 329 g/mol. The van der Waals surface area contributed by atoms with E-state index in [1.165, 1.54) is 47.5 Å². The van der Waals surface area contributed by atoms with Crippen LogP contribution in [0.15, 0.2) is 54.6 Å². The van der Waals surface area contributed by atoms with E-state index in [4.69, 9.17) is 0 Å². The van der Waals surface area contributed by atoms with Gasteiger partial charge in [0.25, 0.3) is 0 Å². The number of benzene rings is 3. The average molecular weight is 329 g/mol. The number of hydrogen-bond donors (Lipinski definition) is 0. The Balaban J connectivity index is 2.05. The summed E-state index contributed by atoms with van der Waals surface area (Å²) in [6.45, 7) is 4.53. The predicted octanol–water partition coefficient (Wildman–Crippen LogP) is 6.82. The van der Waals surface area contributed by atoms with Gasteiger partial charge in [0.05, 0.1) is 5.52 Å². The van der Waals surface area contributed by atoms with Gasteiger partial charge >= 0.3 is 0 Å². The molecule has 0 N–H and O–H groups in total. The molecule has 0 amide bonds. The van der Waals surface area contributed by atoms with E-state index in [9.17, 15) is 0 Å². The van der Waals surface area contributed by atoms with Crippen LogP contribution in [0.3, 0.4) is 0 Å². The molecule has 0 aliphatic rings. The summed E-state index contributed by atoms with van der Waals surface area (Å²) in [5.41, 5.74) is 4.05. The Morgan fingerprint density at radius 1 is 0.833 bits per heavy atom. The maximum absolute atomic E-state index is 2.40. The van der Waals surface area contributed by atoms with Gasteiger partial charge in [-0.15, -0.1) is 11.3 Å². The van der Waals surface area contributed by atoms with E-state index in [-0.39, 0.29) is 0 Å². The summed E-state index contributed by atoms with van der Waals surface area (Å²) in [7, 11) is 2.18. The Hall–Kier alpha value is -2.32. The van der Waals surface area contributed by atoms with E-state index in [1.807, 2.05) is 11.3 Å². The average Bonchev–Trinajstić information content (AvgIpc) is 3.10. The lowest BCUT2D eigenvalue weighted by Crippen LogP contribution is -1.88. The summed E-state index contributed by atoms with van der Waals surface area (Å²) in [4.78, 5) is 0. The van der Waals surface area contributed by atoms with Crippen molar-refractivity contribution in [3.05, 3.63) is 60.2 Å². The third-order valence-corrected chi connectivity index (χ3v) is 6.41. The second kappa shape index (κ2) is 4.84. The quantitative estimate of drug-likeness (QED) is 0.318. The molecule has 5 rings (SSSR count). The van der Waals surface area contributed by atoms with Gasteiger partial charge < -0.3 is 4.57 Å². The van der Waals surface area contributed by atoms with Crippen LogP contribution in [0.1, 0.15) is 25.3 Å². The van der Waals surface area contributed by atoms with Gasteiger partial charge in [-0.3, -0.25) is 0 Å². The summed E-state index contributed by atoms with van der Waals surface area (Å²) in [5.74, 6) is 0.547. The third-order valence-electron chi connectivity index (χ3n) is 5.20. The molecule has 0 radical (unpaired) electrons. The number of rotatable bonds is 1. The van der Waals surface area contributed by atoms with Gasteiger partial charge in [-0.2, -0.15) is 0 Å². The van der Waals surface area contributed by atoms with Gasteiger partial charge in [0.15, 0.2) is 0 Å². The van der Waals surface area contributed by atoms with Crippen LogP contribution in [-0.2, 0) is 7.05 Å². The highest BCUT2D eigenvalue weighted by Crippen LogP contribution is 2.42. The van der Waals surface area contributed by atoms with Gasteiger partial charge in [0.2, 0.25) is 0 Å². The van der Waals surface area contributed by atoms with Gasteiger partial charge in [-0.1, -0.05) is 44.2 Å². The molecule has 24 heavy (non-hydrogen) atoms. The molecule has 0 aliphatic carbocycles. The first-order chi connectivity index (χ1) is 11.6. The Morgan fingerprint density at radius 2 is 1.62 bits per heavy atom. The summed E-state index contributed by atoms with van der Waals surface area (Å²) >= 11 is 1.92. The molecule has 118 valence electrons. The van der Waals surface area contributed by atoms with Crippen molar-refractivity contribution in [2.24, 2.45) is 7.05 Å². The number of aryl methyl sites for hydroxylation is 1. The maximum atomic E-state index is 2.40. The lowest BCUT2D eigenvalue weighted by Gasteiger charge is -2.05. The Kier molecular flexibility index (Phi) is 2.84. The summed E-state index contributed by atoms with van der Waals surface area (Å²) in [6, 6.07) is 20.3. The third kappa shape index (κ3) is 1.75. The number of fused-ring (bicyclic) bond motifs is 7. The highest BCUT2D eigenvalue weighted by molar-refractivity contribution is 7.26. The maximum Gasteiger partial charge on any atom is 0.0503 e. The summed E-state index contributed by atoms with van der Waals surface area (Å²) in [5, 5.41) is 5.55. The van der Waals surface area contributed by atoms with Crippen LogP contribution in [0.4, 0.5) is 0 Å². The smallest absolute Gasteiger partial charge is 0.0503 e. The SMILES string of the molecule is CC(C)c1ccc2c(c1)c1c3sc4ccccc4c3ccc1n2C. The topological polar surface area (TPSA) is 4.93 Å². The van der Waals surface area contributed by atoms with Gasteiger partial charge in [0.1, 0.15) is 0 Å². The fraction of sp³-hybridized carbons (Fsp3) is 0.182. The van der Waals surface area contributed by atoms with Crippen molar-refractivity contribution in [3.8, 4) is 0 Å². The van der Waals surface area contributed by atoms with E-state index in [0.717, 1.165) is 0 Å². The van der Waals surface area contributed by atoms with Crippen LogP contribution in [-0.4, -0.2) is 4.57 Å². The summed E-state index contributed by atoms with van der Waals surface area (Å²) in [6.07, 6.45) is 0. The largest absolute Gasteiger partial charge is 0.344 e. The molecule has 0 aliphatic heterocycles. The zero-order valence-electron chi connectivity index (χ0n) is 14.1. The van der Waals surface area contributed by atoms with Crippen LogP contribution >= 0.6 is 11.3 Å². The Labute approximate surface area is 145 Å². The fourth-order valence-electron chi connectivity index (χ4n) is 3.85. The zero-order chi connectivity index (χ0) is 16.4. The second-order valence-corrected chi connectivity index (χ2v) is 7.98. The number of hydrogen-bond acceptors (Lipinski definition) is 1. The first kappa shape index (κ1) is 14.1. The highest BCUT2D eigenvalue weighted by atomic mass is 32.1. The lowest BCUT2D eigenvalue weighted by molar-refractivity contribution is 0.868. The van der Waals surface area contributed by atoms with E-state index >= 15 is 0 Å². The molecule has 0 spiro atoms. The van der Waals surface area contributed by atoms with Crippen LogP contribution in [0.25, 0.3) is 42.0 Å². The number of aromatic nitrogens is 1. The molecule has 0 bridgehead atoms. The molecule has 0 saturated heterocycles.